The average Bonchev–Trinajstić information content (AvgIpc) is 3.15. The molecular weight excluding hydrogens is 732 g/mol. The lowest BCUT2D eigenvalue weighted by molar-refractivity contribution is -0.435. The molecule has 2 aliphatic rings. The zero-order valence-corrected chi connectivity index (χ0v) is 33.1. The van der Waals surface area contributed by atoms with Crippen LogP contribution in [-0.4, -0.2) is 117 Å². The van der Waals surface area contributed by atoms with Crippen LogP contribution < -0.4 is 0 Å². The van der Waals surface area contributed by atoms with Gasteiger partial charge in [-0.2, -0.15) is 0 Å². The van der Waals surface area contributed by atoms with Gasteiger partial charge in [0.2, 0.25) is 6.29 Å². The fourth-order valence-corrected chi connectivity index (χ4v) is 6.99. The molecule has 0 bridgehead atoms. The maximum Gasteiger partial charge on any atom is 0.333 e. The van der Waals surface area contributed by atoms with Crippen LogP contribution in [0.25, 0.3) is 0 Å². The van der Waals surface area contributed by atoms with Crippen molar-refractivity contribution in [2.24, 2.45) is 5.92 Å². The molecule has 0 aromatic rings. The van der Waals surface area contributed by atoms with Crippen LogP contribution in [-0.2, 0) is 46.8 Å². The van der Waals surface area contributed by atoms with Gasteiger partial charge < -0.3 is 49.2 Å². The molecule has 6 N–H and O–H groups in total. The van der Waals surface area contributed by atoms with Gasteiger partial charge in [-0.05, 0) is 25.7 Å². The molecular formula is C37H66O16S. The molecule has 54 heavy (non-hydrogen) atoms. The van der Waals surface area contributed by atoms with Crippen molar-refractivity contribution < 1.29 is 77.6 Å². The standard InChI is InChI=1S/C37H66O16S/c1-5-7-8-9-10-11-12-13-14-15-16-17-18-20-28(40)48-34-32(49-35(44)25(4)21-24(3)19-6-2)30(42)27(23-39)47-37(34)50-36-33(51-54-53-52-45)31(43)29(41)26(22-38)46-36/h21,24,26-27,29-34,36-39,41-43,45H,5-20,22-23H2,1-4H3/t24-,26?,27?,29?,30?,31?,32?,33?,34?,36?,37?/m0/s1. The number of ether oxygens (including phenoxy) is 5. The summed E-state index contributed by atoms with van der Waals surface area (Å²) in [7, 11) is 0. The molecule has 10 unspecified atom stereocenters. The average molecular weight is 799 g/mol. The van der Waals surface area contributed by atoms with Crippen molar-refractivity contribution >= 4 is 24.3 Å². The number of rotatable bonds is 28. The highest BCUT2D eigenvalue weighted by Crippen LogP contribution is 2.34. The summed E-state index contributed by atoms with van der Waals surface area (Å²) in [6.45, 7) is 6.22. The first-order valence-electron chi connectivity index (χ1n) is 19.6. The van der Waals surface area contributed by atoms with E-state index < -0.39 is 86.6 Å². The molecule has 11 atom stereocenters. The second-order valence-electron chi connectivity index (χ2n) is 14.3. The summed E-state index contributed by atoms with van der Waals surface area (Å²) >= 11 is 0.0520. The topological polar surface area (TPSA) is 229 Å². The maximum absolute atomic E-state index is 13.3. The van der Waals surface area contributed by atoms with Crippen molar-refractivity contribution in [2.75, 3.05) is 13.2 Å². The first kappa shape index (κ1) is 48.7. The largest absolute Gasteiger partial charge is 0.453 e. The maximum atomic E-state index is 13.3. The summed E-state index contributed by atoms with van der Waals surface area (Å²) in [4.78, 5) is 26.6. The normalized spacial score (nSPS) is 29.6. The number of carbonyl (C=O) groups is 2. The van der Waals surface area contributed by atoms with Gasteiger partial charge in [-0.25, -0.2) is 10.1 Å². The van der Waals surface area contributed by atoms with Gasteiger partial charge in [-0.3, -0.25) is 8.98 Å². The molecule has 0 aromatic carbocycles. The Balaban J connectivity index is 2.18. The zero-order chi connectivity index (χ0) is 39.9. The fourth-order valence-electron chi connectivity index (χ4n) is 6.63. The zero-order valence-electron chi connectivity index (χ0n) is 32.3. The van der Waals surface area contributed by atoms with Crippen molar-refractivity contribution in [2.45, 2.75) is 192 Å². The van der Waals surface area contributed by atoms with Gasteiger partial charge >= 0.3 is 11.9 Å². The molecule has 2 saturated heterocycles. The van der Waals surface area contributed by atoms with E-state index in [4.69, 9.17) is 33.1 Å². The number of aliphatic hydroxyl groups is 5. The Labute approximate surface area is 324 Å². The lowest BCUT2D eigenvalue weighted by Crippen LogP contribution is -2.65. The molecule has 17 heteroatoms. The lowest BCUT2D eigenvalue weighted by atomic mass is 9.97. The van der Waals surface area contributed by atoms with E-state index in [0.29, 0.717) is 6.42 Å². The van der Waals surface area contributed by atoms with E-state index >= 15 is 0 Å². The number of unbranched alkanes of at least 4 members (excludes halogenated alkanes) is 12. The molecule has 16 nitrogen and oxygen atoms in total. The minimum atomic E-state index is -1.76. The SMILES string of the molecule is CCCCCCCCCCCCCCCC(=O)OC1C(OC2OC(CO)C(O)C(O)C2OSOOO)OC(CO)C(O)C1OC(=O)C(C)=C[C@@H](C)CCC. The first-order valence-corrected chi connectivity index (χ1v) is 20.3. The lowest BCUT2D eigenvalue weighted by Gasteiger charge is -2.46. The third kappa shape index (κ3) is 17.0. The van der Waals surface area contributed by atoms with Gasteiger partial charge in [0.1, 0.15) is 30.5 Å². The number of esters is 2. The molecule has 0 amide bonds. The van der Waals surface area contributed by atoms with Crippen molar-refractivity contribution in [1.29, 1.82) is 0 Å². The Morgan fingerprint density at radius 2 is 1.26 bits per heavy atom. The Hall–Kier alpha value is -1.45. The highest BCUT2D eigenvalue weighted by molar-refractivity contribution is 7.89. The molecule has 2 fully saturated rings. The highest BCUT2D eigenvalue weighted by atomic mass is 32.2. The predicted octanol–water partition coefficient (Wildman–Crippen LogP) is 4.58. The third-order valence-corrected chi connectivity index (χ3v) is 10.1. The number of carbonyl (C=O) groups excluding carboxylic acids is 2. The van der Waals surface area contributed by atoms with Crippen LogP contribution >= 0.6 is 12.3 Å². The van der Waals surface area contributed by atoms with Crippen LogP contribution in [0.1, 0.15) is 130 Å². The van der Waals surface area contributed by atoms with E-state index in [1.165, 1.54) is 51.4 Å². The van der Waals surface area contributed by atoms with E-state index in [1.807, 2.05) is 13.8 Å². The summed E-state index contributed by atoms with van der Waals surface area (Å²) in [5, 5.41) is 64.4. The molecule has 316 valence electrons. The summed E-state index contributed by atoms with van der Waals surface area (Å²) in [6, 6.07) is 0. The minimum Gasteiger partial charge on any atom is -0.453 e. The second kappa shape index (κ2) is 28.0. The summed E-state index contributed by atoms with van der Waals surface area (Å²) < 4.78 is 38.5. The highest BCUT2D eigenvalue weighted by Gasteiger charge is 2.54. The molecule has 0 spiro atoms. The van der Waals surface area contributed by atoms with Gasteiger partial charge in [0.15, 0.2) is 36.9 Å². The minimum absolute atomic E-state index is 0.00687. The molecule has 0 aromatic heterocycles. The monoisotopic (exact) mass is 798 g/mol. The molecule has 0 saturated carbocycles. The fraction of sp³-hybridized carbons (Fsp3) is 0.892. The Kier molecular flexibility index (Phi) is 25.3. The van der Waals surface area contributed by atoms with Crippen molar-refractivity contribution in [3.8, 4) is 0 Å². The Bertz CT molecular complexity index is 1050. The number of allylic oxidation sites excluding steroid dienone is 1. The van der Waals surface area contributed by atoms with Crippen LogP contribution in [0.15, 0.2) is 11.6 Å². The van der Waals surface area contributed by atoms with E-state index in [9.17, 15) is 35.1 Å². The van der Waals surface area contributed by atoms with E-state index in [0.717, 1.165) is 38.5 Å². The molecule has 2 aliphatic heterocycles. The number of hydrogen-bond donors (Lipinski definition) is 6. The van der Waals surface area contributed by atoms with Crippen molar-refractivity contribution in [3.05, 3.63) is 11.6 Å². The number of aliphatic hydroxyl groups excluding tert-OH is 5. The van der Waals surface area contributed by atoms with Gasteiger partial charge in [0.25, 0.3) is 0 Å². The summed E-state index contributed by atoms with van der Waals surface area (Å²) in [5.41, 5.74) is 0.250. The van der Waals surface area contributed by atoms with Gasteiger partial charge in [-0.1, -0.05) is 115 Å². The molecule has 2 rings (SSSR count). The van der Waals surface area contributed by atoms with Crippen LogP contribution in [0.2, 0.25) is 0 Å². The van der Waals surface area contributed by atoms with Crippen LogP contribution in [0, 0.1) is 5.92 Å². The van der Waals surface area contributed by atoms with Gasteiger partial charge in [0.05, 0.1) is 13.2 Å². The molecule has 0 aliphatic carbocycles. The van der Waals surface area contributed by atoms with Gasteiger partial charge in [0, 0.05) is 12.0 Å². The van der Waals surface area contributed by atoms with Crippen LogP contribution in [0.4, 0.5) is 0 Å². The number of hydrogen-bond acceptors (Lipinski definition) is 17. The second-order valence-corrected chi connectivity index (χ2v) is 14.7. The van der Waals surface area contributed by atoms with E-state index in [1.54, 1.807) is 13.0 Å². The van der Waals surface area contributed by atoms with E-state index in [2.05, 4.69) is 16.3 Å². The van der Waals surface area contributed by atoms with Crippen LogP contribution in [0.5, 0.6) is 0 Å². The van der Waals surface area contributed by atoms with Crippen molar-refractivity contribution in [1.82, 2.24) is 0 Å². The summed E-state index contributed by atoms with van der Waals surface area (Å²) in [5.74, 6) is -1.44. The van der Waals surface area contributed by atoms with Crippen LogP contribution in [0.3, 0.4) is 0 Å². The van der Waals surface area contributed by atoms with Crippen molar-refractivity contribution in [3.63, 3.8) is 0 Å². The predicted molar refractivity (Wildman–Crippen MR) is 196 cm³/mol. The quantitative estimate of drug-likeness (QED) is 0.0159. The van der Waals surface area contributed by atoms with Gasteiger partial charge in [-0.15, -0.1) is 4.33 Å². The third-order valence-electron chi connectivity index (χ3n) is 9.70. The van der Waals surface area contributed by atoms with E-state index in [-0.39, 0.29) is 30.2 Å². The summed E-state index contributed by atoms with van der Waals surface area (Å²) in [6.07, 6.45) is 1.96. The molecule has 2 heterocycles. The molecule has 0 radical (unpaired) electrons. The first-order chi connectivity index (χ1) is 26.0. The Morgan fingerprint density at radius 3 is 1.80 bits per heavy atom. The smallest absolute Gasteiger partial charge is 0.333 e. The Morgan fingerprint density at radius 1 is 0.722 bits per heavy atom.